The van der Waals surface area contributed by atoms with Gasteiger partial charge in [-0.1, -0.05) is 117 Å². The van der Waals surface area contributed by atoms with E-state index in [0.29, 0.717) is 30.7 Å². The van der Waals surface area contributed by atoms with E-state index in [4.69, 9.17) is 14.2 Å². The smallest absolute Gasteiger partial charge is 0.350 e. The molecule has 1 aliphatic heterocycles. The van der Waals surface area contributed by atoms with Crippen molar-refractivity contribution < 1.29 is 28.6 Å². The Bertz CT molecular complexity index is 913. The lowest BCUT2D eigenvalue weighted by atomic mass is 10.0. The number of hydrogen-bond donors (Lipinski definition) is 1. The van der Waals surface area contributed by atoms with E-state index in [0.717, 1.165) is 12.8 Å². The number of unbranched alkanes of at least 4 members (excludes halogenated alkanes) is 15. The van der Waals surface area contributed by atoms with Gasteiger partial charge in [-0.2, -0.15) is 0 Å². The van der Waals surface area contributed by atoms with E-state index >= 15 is 0 Å². The summed E-state index contributed by atoms with van der Waals surface area (Å²) in [7, 11) is 0. The number of benzene rings is 1. The molecule has 1 N–H and O–H groups in total. The minimum absolute atomic E-state index is 0.204. The second-order valence-corrected chi connectivity index (χ2v) is 11.1. The minimum atomic E-state index is -1.19. The lowest BCUT2D eigenvalue weighted by molar-refractivity contribution is -0.237. The van der Waals surface area contributed by atoms with Crippen molar-refractivity contribution in [3.63, 3.8) is 0 Å². The Kier molecular flexibility index (Phi) is 16.9. The molecule has 0 unspecified atom stereocenters. The lowest BCUT2D eigenvalue weighted by Crippen LogP contribution is -2.45. The number of rotatable bonds is 22. The number of esters is 3. The van der Waals surface area contributed by atoms with Gasteiger partial charge in [0.25, 0.3) is 5.79 Å². The molecular weight excluding hydrogens is 518 g/mol. The molecular formula is C34H53NO6. The van der Waals surface area contributed by atoms with Crippen molar-refractivity contribution in [3.8, 4) is 0 Å². The van der Waals surface area contributed by atoms with Crippen LogP contribution in [0.2, 0.25) is 0 Å². The molecule has 0 aliphatic carbocycles. The molecule has 41 heavy (non-hydrogen) atoms. The van der Waals surface area contributed by atoms with Crippen LogP contribution < -0.4 is 5.32 Å². The van der Waals surface area contributed by atoms with Crippen LogP contribution in [0.25, 0.3) is 0 Å². The first-order chi connectivity index (χ1) is 19.9. The van der Waals surface area contributed by atoms with Gasteiger partial charge in [-0.3, -0.25) is 0 Å². The van der Waals surface area contributed by atoms with E-state index in [1.165, 1.54) is 96.1 Å². The highest BCUT2D eigenvalue weighted by Crippen LogP contribution is 2.29. The fraction of sp³-hybridized carbons (Fsp3) is 0.676. The summed E-state index contributed by atoms with van der Waals surface area (Å²) in [4.78, 5) is 37.0. The predicted octanol–water partition coefficient (Wildman–Crippen LogP) is 9.02. The highest BCUT2D eigenvalue weighted by Gasteiger charge is 2.43. The van der Waals surface area contributed by atoms with Crippen molar-refractivity contribution in [2.24, 2.45) is 0 Å². The fourth-order valence-corrected chi connectivity index (χ4v) is 4.96. The van der Waals surface area contributed by atoms with E-state index in [1.54, 1.807) is 38.1 Å². The summed E-state index contributed by atoms with van der Waals surface area (Å²) in [5.74, 6) is -2.98. The van der Waals surface area contributed by atoms with E-state index in [9.17, 15) is 14.4 Å². The Morgan fingerprint density at radius 3 is 1.59 bits per heavy atom. The van der Waals surface area contributed by atoms with Gasteiger partial charge in [-0.15, -0.1) is 0 Å². The molecule has 0 atom stereocenters. The van der Waals surface area contributed by atoms with E-state index < -0.39 is 17.7 Å². The Morgan fingerprint density at radius 1 is 0.707 bits per heavy atom. The normalized spacial score (nSPS) is 14.4. The first kappa shape index (κ1) is 34.4. The zero-order valence-corrected chi connectivity index (χ0v) is 25.8. The molecule has 0 bridgehead atoms. The van der Waals surface area contributed by atoms with Crippen LogP contribution in [0.1, 0.15) is 147 Å². The van der Waals surface area contributed by atoms with Gasteiger partial charge in [-0.25, -0.2) is 14.4 Å². The maximum absolute atomic E-state index is 12.3. The minimum Gasteiger partial charge on any atom is -0.462 e. The molecule has 7 heteroatoms. The number of ether oxygens (including phenoxy) is 3. The molecule has 1 saturated heterocycles. The number of cyclic esters (lactones) is 2. The summed E-state index contributed by atoms with van der Waals surface area (Å²) in [6.45, 7) is 6.28. The van der Waals surface area contributed by atoms with Crippen LogP contribution in [-0.2, 0) is 23.8 Å². The fourth-order valence-electron chi connectivity index (χ4n) is 4.96. The number of hydrogen-bond acceptors (Lipinski definition) is 7. The first-order valence-corrected chi connectivity index (χ1v) is 16.1. The molecule has 1 aromatic rings. The summed E-state index contributed by atoms with van der Waals surface area (Å²) in [6.07, 6.45) is 23.0. The van der Waals surface area contributed by atoms with Gasteiger partial charge in [0.15, 0.2) is 5.57 Å². The largest absolute Gasteiger partial charge is 0.462 e. The van der Waals surface area contributed by atoms with Crippen molar-refractivity contribution in [2.75, 3.05) is 11.9 Å². The van der Waals surface area contributed by atoms with Gasteiger partial charge in [0.2, 0.25) is 0 Å². The highest BCUT2D eigenvalue weighted by molar-refractivity contribution is 6.15. The van der Waals surface area contributed by atoms with Gasteiger partial charge in [0.1, 0.15) is 0 Å². The van der Waals surface area contributed by atoms with Crippen LogP contribution in [0.5, 0.6) is 0 Å². The third-order valence-electron chi connectivity index (χ3n) is 7.81. The average Bonchev–Trinajstić information content (AvgIpc) is 2.98. The van der Waals surface area contributed by atoms with Gasteiger partial charge in [0, 0.05) is 24.7 Å². The molecule has 0 spiro atoms. The lowest BCUT2D eigenvalue weighted by Gasteiger charge is -2.34. The van der Waals surface area contributed by atoms with Crippen molar-refractivity contribution in [3.05, 3.63) is 41.6 Å². The van der Waals surface area contributed by atoms with Gasteiger partial charge in [-0.05, 0) is 30.7 Å². The monoisotopic (exact) mass is 571 g/mol. The topological polar surface area (TPSA) is 90.9 Å². The predicted molar refractivity (Wildman–Crippen MR) is 163 cm³/mol. The summed E-state index contributed by atoms with van der Waals surface area (Å²) in [5.41, 5.74) is 0.854. The Labute approximate surface area is 247 Å². The summed E-state index contributed by atoms with van der Waals surface area (Å²) in [6, 6.07) is 6.66. The van der Waals surface area contributed by atoms with Gasteiger partial charge < -0.3 is 19.5 Å². The molecule has 0 amide bonds. The van der Waals surface area contributed by atoms with Crippen molar-refractivity contribution >= 4 is 23.6 Å². The molecule has 1 aromatic carbocycles. The van der Waals surface area contributed by atoms with Crippen LogP contribution in [0, 0.1) is 0 Å². The maximum Gasteiger partial charge on any atom is 0.350 e. The van der Waals surface area contributed by atoms with Crippen LogP contribution in [-0.4, -0.2) is 30.3 Å². The van der Waals surface area contributed by atoms with Crippen LogP contribution in [0.4, 0.5) is 5.69 Å². The van der Waals surface area contributed by atoms with Crippen molar-refractivity contribution in [2.45, 2.75) is 142 Å². The van der Waals surface area contributed by atoms with Crippen LogP contribution in [0.15, 0.2) is 36.0 Å². The molecule has 0 aromatic heterocycles. The molecule has 1 aliphatic rings. The summed E-state index contributed by atoms with van der Waals surface area (Å²) >= 11 is 0. The molecule has 230 valence electrons. The van der Waals surface area contributed by atoms with Crippen molar-refractivity contribution in [1.29, 1.82) is 0 Å². The average molecular weight is 572 g/mol. The Balaban J connectivity index is 1.52. The summed E-state index contributed by atoms with van der Waals surface area (Å²) in [5, 5.41) is 2.89. The highest BCUT2D eigenvalue weighted by atomic mass is 16.7. The molecule has 7 nitrogen and oxygen atoms in total. The molecule has 0 radical (unpaired) electrons. The zero-order valence-electron chi connectivity index (χ0n) is 25.8. The second kappa shape index (κ2) is 20.1. The molecule has 1 heterocycles. The van der Waals surface area contributed by atoms with Crippen LogP contribution >= 0.6 is 0 Å². The molecule has 2 rings (SSSR count). The van der Waals surface area contributed by atoms with Crippen molar-refractivity contribution in [1.82, 2.24) is 0 Å². The number of nitrogens with one attached hydrogen (secondary N) is 1. The summed E-state index contributed by atoms with van der Waals surface area (Å²) < 4.78 is 16.1. The first-order valence-electron chi connectivity index (χ1n) is 16.1. The zero-order chi connectivity index (χ0) is 29.8. The molecule has 1 fully saturated rings. The Hall–Kier alpha value is -2.83. The number of carbonyl (C=O) groups excluding carboxylic acids is 3. The molecule has 0 saturated carbocycles. The van der Waals surface area contributed by atoms with Gasteiger partial charge >= 0.3 is 17.9 Å². The number of carbonyl (C=O) groups is 3. The third kappa shape index (κ3) is 13.1. The Morgan fingerprint density at radius 2 is 1.15 bits per heavy atom. The SMILES string of the molecule is CCCCCCCCCCCCCCCCCCOC(=O)c1ccc(NC=C2C(=O)OC(CC)(CC)OC2=O)cc1. The van der Waals surface area contributed by atoms with E-state index in [2.05, 4.69) is 12.2 Å². The van der Waals surface area contributed by atoms with Gasteiger partial charge in [0.05, 0.1) is 12.2 Å². The van der Waals surface area contributed by atoms with E-state index in [1.807, 2.05) is 0 Å². The maximum atomic E-state index is 12.3. The standard InChI is InChI=1S/C34H53NO6/c1-4-7-8-9-10-11-12-13-14-15-16-17-18-19-20-21-26-39-31(36)28-22-24-29(25-23-28)35-27-30-32(37)40-34(5-2,6-3)41-33(30)38/h22-25,27,35H,4-21,26H2,1-3H3. The second-order valence-electron chi connectivity index (χ2n) is 11.1. The third-order valence-corrected chi connectivity index (χ3v) is 7.81. The quantitative estimate of drug-likeness (QED) is 0.0642. The van der Waals surface area contributed by atoms with Crippen LogP contribution in [0.3, 0.4) is 0 Å². The van der Waals surface area contributed by atoms with E-state index in [-0.39, 0.29) is 11.5 Å². The number of anilines is 1.